The average Bonchev–Trinajstić information content (AvgIpc) is 2.47. The number of halogens is 1. The summed E-state index contributed by atoms with van der Waals surface area (Å²) in [6.07, 6.45) is 1.22. The van der Waals surface area contributed by atoms with Crippen molar-refractivity contribution < 1.29 is 4.39 Å². The highest BCUT2D eigenvalue weighted by atomic mass is 32.2. The van der Waals surface area contributed by atoms with Crippen LogP contribution in [-0.2, 0) is 0 Å². The minimum atomic E-state index is -0.231. The van der Waals surface area contributed by atoms with Crippen molar-refractivity contribution in [1.82, 2.24) is 4.90 Å². The first kappa shape index (κ1) is 15.8. The third-order valence-electron chi connectivity index (χ3n) is 4.10. The van der Waals surface area contributed by atoms with Crippen LogP contribution in [0.25, 0.3) is 0 Å². The van der Waals surface area contributed by atoms with Gasteiger partial charge in [-0.2, -0.15) is 11.8 Å². The maximum atomic E-state index is 13.8. The predicted octanol–water partition coefficient (Wildman–Crippen LogP) is 3.29. The van der Waals surface area contributed by atoms with E-state index in [1.165, 1.54) is 18.2 Å². The number of benzene rings is 1. The second-order valence-corrected chi connectivity index (χ2v) is 7.09. The minimum absolute atomic E-state index is 0.188. The molecule has 1 aliphatic rings. The molecule has 2 N–H and O–H groups in total. The number of hydrogen-bond donors (Lipinski definition) is 1. The molecule has 1 heterocycles. The van der Waals surface area contributed by atoms with Crippen molar-refractivity contribution in [3.05, 3.63) is 35.6 Å². The third kappa shape index (κ3) is 3.96. The standard InChI is InChI=1S/C16H25FN2S/c1-3-13-11-19(8-9-20-13)10-12(2)16(18)14-6-4-5-7-15(14)17/h4-7,12-13,16H,3,8-11,18H2,1-2H3. The van der Waals surface area contributed by atoms with Gasteiger partial charge in [-0.25, -0.2) is 4.39 Å². The molecule has 1 saturated heterocycles. The van der Waals surface area contributed by atoms with Gasteiger partial charge in [0.2, 0.25) is 0 Å². The fraction of sp³-hybridized carbons (Fsp3) is 0.625. The van der Waals surface area contributed by atoms with Gasteiger partial charge in [0, 0.05) is 42.2 Å². The molecular formula is C16H25FN2S. The largest absolute Gasteiger partial charge is 0.324 e. The van der Waals surface area contributed by atoms with Gasteiger partial charge in [-0.3, -0.25) is 0 Å². The van der Waals surface area contributed by atoms with E-state index in [9.17, 15) is 4.39 Å². The fourth-order valence-corrected chi connectivity index (χ4v) is 4.01. The lowest BCUT2D eigenvalue weighted by Gasteiger charge is -2.35. The molecule has 20 heavy (non-hydrogen) atoms. The van der Waals surface area contributed by atoms with E-state index in [0.29, 0.717) is 5.56 Å². The molecule has 0 saturated carbocycles. The van der Waals surface area contributed by atoms with E-state index in [0.717, 1.165) is 24.9 Å². The lowest BCUT2D eigenvalue weighted by atomic mass is 9.94. The van der Waals surface area contributed by atoms with Crippen LogP contribution in [0.3, 0.4) is 0 Å². The molecule has 112 valence electrons. The summed E-state index contributed by atoms with van der Waals surface area (Å²) >= 11 is 2.07. The van der Waals surface area contributed by atoms with Gasteiger partial charge in [0.1, 0.15) is 5.82 Å². The van der Waals surface area contributed by atoms with Crippen molar-refractivity contribution in [3.8, 4) is 0 Å². The molecule has 1 fully saturated rings. The molecule has 3 unspecified atom stereocenters. The molecule has 0 aliphatic carbocycles. The zero-order valence-corrected chi connectivity index (χ0v) is 13.2. The highest BCUT2D eigenvalue weighted by molar-refractivity contribution is 8.00. The molecule has 0 bridgehead atoms. The van der Waals surface area contributed by atoms with E-state index in [1.807, 2.05) is 6.07 Å². The van der Waals surface area contributed by atoms with E-state index in [4.69, 9.17) is 5.73 Å². The smallest absolute Gasteiger partial charge is 0.127 e. The Labute approximate surface area is 125 Å². The molecule has 1 aromatic rings. The first-order chi connectivity index (χ1) is 9.61. The van der Waals surface area contributed by atoms with E-state index < -0.39 is 0 Å². The van der Waals surface area contributed by atoms with Gasteiger partial charge in [-0.05, 0) is 18.4 Å². The number of nitrogens with two attached hydrogens (primary N) is 1. The molecule has 0 spiro atoms. The predicted molar refractivity (Wildman–Crippen MR) is 85.5 cm³/mol. The van der Waals surface area contributed by atoms with Crippen LogP contribution < -0.4 is 5.73 Å². The maximum absolute atomic E-state index is 13.8. The van der Waals surface area contributed by atoms with Gasteiger partial charge in [-0.1, -0.05) is 32.0 Å². The first-order valence-corrected chi connectivity index (χ1v) is 8.50. The molecule has 0 aromatic heterocycles. The summed E-state index contributed by atoms with van der Waals surface area (Å²) in [5.41, 5.74) is 6.89. The van der Waals surface area contributed by atoms with Crippen LogP contribution in [0.15, 0.2) is 24.3 Å². The van der Waals surface area contributed by atoms with E-state index >= 15 is 0 Å². The number of rotatable bonds is 5. The van der Waals surface area contributed by atoms with Crippen LogP contribution in [0.4, 0.5) is 4.39 Å². The van der Waals surface area contributed by atoms with E-state index in [2.05, 4.69) is 30.5 Å². The normalized spacial score (nSPS) is 23.5. The Balaban J connectivity index is 1.94. The van der Waals surface area contributed by atoms with Crippen LogP contribution in [0.5, 0.6) is 0 Å². The van der Waals surface area contributed by atoms with Gasteiger partial charge >= 0.3 is 0 Å². The number of nitrogens with zero attached hydrogens (tertiary/aromatic N) is 1. The summed E-state index contributed by atoms with van der Waals surface area (Å²) in [6.45, 7) is 7.58. The van der Waals surface area contributed by atoms with Crippen molar-refractivity contribution in [1.29, 1.82) is 0 Å². The molecule has 1 aliphatic heterocycles. The Hall–Kier alpha value is -0.580. The van der Waals surface area contributed by atoms with E-state index in [1.54, 1.807) is 12.1 Å². The second kappa shape index (κ2) is 7.43. The van der Waals surface area contributed by atoms with Crippen molar-refractivity contribution in [2.24, 2.45) is 11.7 Å². The molecule has 4 heteroatoms. The van der Waals surface area contributed by atoms with Gasteiger partial charge in [-0.15, -0.1) is 0 Å². The van der Waals surface area contributed by atoms with Gasteiger partial charge < -0.3 is 10.6 Å². The van der Waals surface area contributed by atoms with Gasteiger partial charge in [0.15, 0.2) is 0 Å². The summed E-state index contributed by atoms with van der Waals surface area (Å²) in [5.74, 6) is 1.26. The van der Waals surface area contributed by atoms with Gasteiger partial charge in [0.25, 0.3) is 0 Å². The summed E-state index contributed by atoms with van der Waals surface area (Å²) in [4.78, 5) is 2.48. The minimum Gasteiger partial charge on any atom is -0.324 e. The zero-order valence-electron chi connectivity index (χ0n) is 12.4. The van der Waals surface area contributed by atoms with Crippen molar-refractivity contribution in [3.63, 3.8) is 0 Å². The quantitative estimate of drug-likeness (QED) is 0.904. The molecule has 0 amide bonds. The maximum Gasteiger partial charge on any atom is 0.127 e. The molecular weight excluding hydrogens is 271 g/mol. The van der Waals surface area contributed by atoms with E-state index in [-0.39, 0.29) is 17.8 Å². The Morgan fingerprint density at radius 1 is 1.45 bits per heavy atom. The van der Waals surface area contributed by atoms with Crippen LogP contribution in [0, 0.1) is 11.7 Å². The highest BCUT2D eigenvalue weighted by Gasteiger charge is 2.24. The zero-order chi connectivity index (χ0) is 14.5. The summed E-state index contributed by atoms with van der Waals surface area (Å²) in [7, 11) is 0. The number of thioether (sulfide) groups is 1. The van der Waals surface area contributed by atoms with Crippen LogP contribution in [-0.4, -0.2) is 35.5 Å². The van der Waals surface area contributed by atoms with Crippen LogP contribution in [0.1, 0.15) is 31.9 Å². The lowest BCUT2D eigenvalue weighted by molar-refractivity contribution is 0.226. The number of hydrogen-bond acceptors (Lipinski definition) is 3. The lowest BCUT2D eigenvalue weighted by Crippen LogP contribution is -2.41. The first-order valence-electron chi connectivity index (χ1n) is 7.45. The SMILES string of the molecule is CCC1CN(CC(C)C(N)c2ccccc2F)CCS1. The third-order valence-corrected chi connectivity index (χ3v) is 5.47. The second-order valence-electron chi connectivity index (χ2n) is 5.69. The Morgan fingerprint density at radius 3 is 2.90 bits per heavy atom. The van der Waals surface area contributed by atoms with Crippen LogP contribution in [0.2, 0.25) is 0 Å². The Kier molecular flexibility index (Phi) is 5.87. The van der Waals surface area contributed by atoms with Crippen LogP contribution >= 0.6 is 11.8 Å². The monoisotopic (exact) mass is 296 g/mol. The summed E-state index contributed by atoms with van der Waals surface area (Å²) in [5, 5.41) is 0.737. The Morgan fingerprint density at radius 2 is 2.20 bits per heavy atom. The Bertz CT molecular complexity index is 427. The van der Waals surface area contributed by atoms with Crippen molar-refractivity contribution >= 4 is 11.8 Å². The van der Waals surface area contributed by atoms with Crippen molar-refractivity contribution in [2.75, 3.05) is 25.4 Å². The topological polar surface area (TPSA) is 29.3 Å². The molecule has 0 radical (unpaired) electrons. The summed E-state index contributed by atoms with van der Waals surface area (Å²) < 4.78 is 13.8. The fourth-order valence-electron chi connectivity index (χ4n) is 2.77. The molecule has 2 nitrogen and oxygen atoms in total. The van der Waals surface area contributed by atoms with Crippen molar-refractivity contribution in [2.45, 2.75) is 31.6 Å². The van der Waals surface area contributed by atoms with Gasteiger partial charge in [0.05, 0.1) is 0 Å². The molecule has 1 aromatic carbocycles. The summed E-state index contributed by atoms with van der Waals surface area (Å²) in [6, 6.07) is 6.63. The molecule has 3 atom stereocenters. The highest BCUT2D eigenvalue weighted by Crippen LogP contribution is 2.26. The average molecular weight is 296 g/mol. The molecule has 2 rings (SSSR count).